The average Bonchev–Trinajstić information content (AvgIpc) is 2.66. The molecule has 1 aromatic carbocycles. The number of aryl methyl sites for hydroxylation is 1. The summed E-state index contributed by atoms with van der Waals surface area (Å²) in [6.07, 6.45) is -4.32. The van der Waals surface area contributed by atoms with Crippen LogP contribution in [0.2, 0.25) is 0 Å². The molecule has 1 aromatic heterocycles. The number of thiophene rings is 1. The Bertz CT molecular complexity index is 575. The molecular weight excluding hydrogens is 361 g/mol. The minimum atomic E-state index is -4.32. The second kappa shape index (κ2) is 5.46. The van der Waals surface area contributed by atoms with Crippen molar-refractivity contribution in [2.24, 2.45) is 0 Å². The molecule has 2 rings (SSSR count). The number of rotatable bonds is 2. The Morgan fingerprint density at radius 1 is 1.21 bits per heavy atom. The normalized spacial score (nSPS) is 13.6. The molecule has 1 atom stereocenters. The van der Waals surface area contributed by atoms with Gasteiger partial charge in [-0.25, -0.2) is 0 Å². The first-order chi connectivity index (χ1) is 8.79. The van der Waals surface area contributed by atoms with Crippen molar-refractivity contribution >= 4 is 38.9 Å². The molecule has 0 saturated heterocycles. The van der Waals surface area contributed by atoms with Crippen LogP contribution in [-0.4, -0.2) is 0 Å². The van der Waals surface area contributed by atoms with Crippen molar-refractivity contribution in [2.75, 3.05) is 0 Å². The molecule has 0 N–H and O–H groups in total. The third kappa shape index (κ3) is 3.33. The Morgan fingerprint density at radius 3 is 2.21 bits per heavy atom. The summed E-state index contributed by atoms with van der Waals surface area (Å²) >= 11 is 11.2. The van der Waals surface area contributed by atoms with E-state index in [1.807, 2.05) is 13.0 Å². The molecule has 0 bridgehead atoms. The van der Waals surface area contributed by atoms with Crippen LogP contribution in [0.5, 0.6) is 0 Å². The largest absolute Gasteiger partial charge is 0.416 e. The predicted molar refractivity (Wildman–Crippen MR) is 75.9 cm³/mol. The fraction of sp³-hybridized carbons (Fsp3) is 0.231. The lowest BCUT2D eigenvalue weighted by Crippen LogP contribution is -2.04. The number of benzene rings is 1. The first-order valence-corrected chi connectivity index (χ1v) is 7.40. The van der Waals surface area contributed by atoms with Gasteiger partial charge >= 0.3 is 6.18 Å². The minimum Gasteiger partial charge on any atom is -0.166 e. The van der Waals surface area contributed by atoms with Gasteiger partial charge in [0.2, 0.25) is 0 Å². The van der Waals surface area contributed by atoms with Crippen LogP contribution < -0.4 is 0 Å². The quantitative estimate of drug-likeness (QED) is 0.556. The van der Waals surface area contributed by atoms with Crippen LogP contribution in [0.25, 0.3) is 0 Å². The summed E-state index contributed by atoms with van der Waals surface area (Å²) in [5.41, 5.74) is -0.0150. The van der Waals surface area contributed by atoms with Crippen LogP contribution in [0.15, 0.2) is 34.8 Å². The van der Waals surface area contributed by atoms with Crippen molar-refractivity contribution in [1.82, 2.24) is 0 Å². The van der Waals surface area contributed by atoms with Gasteiger partial charge in [0.25, 0.3) is 0 Å². The fourth-order valence-corrected chi connectivity index (χ4v) is 4.08. The molecular formula is C13H9BrClF3S. The predicted octanol–water partition coefficient (Wildman–Crippen LogP) is 6.17. The van der Waals surface area contributed by atoms with E-state index in [-0.39, 0.29) is 0 Å². The zero-order valence-corrected chi connectivity index (χ0v) is 12.9. The van der Waals surface area contributed by atoms with Gasteiger partial charge in [-0.1, -0.05) is 12.1 Å². The molecule has 0 radical (unpaired) electrons. The first-order valence-electron chi connectivity index (χ1n) is 5.36. The molecule has 2 aromatic rings. The van der Waals surface area contributed by atoms with Crippen molar-refractivity contribution in [3.8, 4) is 0 Å². The maximum absolute atomic E-state index is 12.5. The van der Waals surface area contributed by atoms with Gasteiger partial charge < -0.3 is 0 Å². The molecule has 0 spiro atoms. The van der Waals surface area contributed by atoms with E-state index in [0.717, 1.165) is 26.4 Å². The highest BCUT2D eigenvalue weighted by Gasteiger charge is 2.30. The molecule has 102 valence electrons. The van der Waals surface area contributed by atoms with E-state index in [9.17, 15) is 13.2 Å². The molecule has 6 heteroatoms. The first kappa shape index (κ1) is 14.9. The Balaban J connectivity index is 2.30. The SMILES string of the molecule is Cc1cc(Br)c(C(Cl)c2ccc(C(F)(F)F)cc2)s1. The molecule has 0 amide bonds. The van der Waals surface area contributed by atoms with Gasteiger partial charge in [-0.2, -0.15) is 13.2 Å². The molecule has 1 heterocycles. The van der Waals surface area contributed by atoms with Crippen LogP contribution in [0.1, 0.15) is 26.3 Å². The third-order valence-corrected chi connectivity index (χ3v) is 5.23. The van der Waals surface area contributed by atoms with Crippen LogP contribution in [-0.2, 0) is 6.18 Å². The highest BCUT2D eigenvalue weighted by molar-refractivity contribution is 9.10. The maximum atomic E-state index is 12.5. The molecule has 0 aliphatic rings. The third-order valence-electron chi connectivity index (χ3n) is 2.60. The van der Waals surface area contributed by atoms with E-state index in [1.165, 1.54) is 23.5 Å². The zero-order chi connectivity index (χ0) is 14.2. The van der Waals surface area contributed by atoms with Crippen molar-refractivity contribution in [2.45, 2.75) is 18.5 Å². The van der Waals surface area contributed by atoms with Gasteiger partial charge in [0.05, 0.1) is 10.9 Å². The van der Waals surface area contributed by atoms with Crippen LogP contribution in [0.4, 0.5) is 13.2 Å². The lowest BCUT2D eigenvalue weighted by Gasteiger charge is -2.11. The summed E-state index contributed by atoms with van der Waals surface area (Å²) in [5, 5.41) is -0.449. The number of hydrogen-bond acceptors (Lipinski definition) is 1. The average molecular weight is 370 g/mol. The van der Waals surface area contributed by atoms with Crippen molar-refractivity contribution in [3.05, 3.63) is 55.7 Å². The van der Waals surface area contributed by atoms with Crippen LogP contribution >= 0.6 is 38.9 Å². The Morgan fingerprint density at radius 2 is 1.79 bits per heavy atom. The Hall–Kier alpha value is -0.520. The maximum Gasteiger partial charge on any atom is 0.416 e. The molecule has 0 saturated carbocycles. The van der Waals surface area contributed by atoms with Gasteiger partial charge in [0, 0.05) is 14.2 Å². The summed E-state index contributed by atoms with van der Waals surface area (Å²) in [6.45, 7) is 1.95. The molecule has 0 nitrogen and oxygen atoms in total. The molecule has 0 aliphatic heterocycles. The summed E-state index contributed by atoms with van der Waals surface area (Å²) < 4.78 is 38.3. The summed E-state index contributed by atoms with van der Waals surface area (Å²) in [5.74, 6) is 0. The number of alkyl halides is 4. The van der Waals surface area contributed by atoms with E-state index in [4.69, 9.17) is 11.6 Å². The highest BCUT2D eigenvalue weighted by Crippen LogP contribution is 2.40. The van der Waals surface area contributed by atoms with Gasteiger partial charge in [-0.05, 0) is 46.6 Å². The second-order valence-corrected chi connectivity index (χ2v) is 6.63. The van der Waals surface area contributed by atoms with E-state index in [2.05, 4.69) is 15.9 Å². The van der Waals surface area contributed by atoms with Crippen molar-refractivity contribution in [3.63, 3.8) is 0 Å². The van der Waals surface area contributed by atoms with E-state index in [1.54, 1.807) is 0 Å². The van der Waals surface area contributed by atoms with E-state index < -0.39 is 17.1 Å². The minimum absolute atomic E-state index is 0.449. The molecule has 0 aliphatic carbocycles. The Kier molecular flexibility index (Phi) is 4.28. The standard InChI is InChI=1S/C13H9BrClF3S/c1-7-6-10(14)12(19-7)11(15)8-2-4-9(5-3-8)13(16,17)18/h2-6,11H,1H3. The van der Waals surface area contributed by atoms with Crippen LogP contribution in [0, 0.1) is 6.92 Å². The molecule has 0 fully saturated rings. The number of halogens is 5. The highest BCUT2D eigenvalue weighted by atomic mass is 79.9. The van der Waals surface area contributed by atoms with Crippen molar-refractivity contribution in [1.29, 1.82) is 0 Å². The van der Waals surface area contributed by atoms with Crippen LogP contribution in [0.3, 0.4) is 0 Å². The smallest absolute Gasteiger partial charge is 0.166 e. The van der Waals surface area contributed by atoms with Gasteiger partial charge in [0.15, 0.2) is 0 Å². The van der Waals surface area contributed by atoms with E-state index >= 15 is 0 Å². The Labute approximate surface area is 126 Å². The summed E-state index contributed by atoms with van der Waals surface area (Å²) in [7, 11) is 0. The summed E-state index contributed by atoms with van der Waals surface area (Å²) in [4.78, 5) is 2.00. The molecule has 1 unspecified atom stereocenters. The topological polar surface area (TPSA) is 0 Å². The fourth-order valence-electron chi connectivity index (χ4n) is 1.67. The van der Waals surface area contributed by atoms with Gasteiger partial charge in [0.1, 0.15) is 0 Å². The molecule has 19 heavy (non-hydrogen) atoms. The monoisotopic (exact) mass is 368 g/mol. The van der Waals surface area contributed by atoms with Gasteiger partial charge in [-0.3, -0.25) is 0 Å². The van der Waals surface area contributed by atoms with E-state index in [0.29, 0.717) is 5.56 Å². The van der Waals surface area contributed by atoms with Crippen molar-refractivity contribution < 1.29 is 13.2 Å². The lowest BCUT2D eigenvalue weighted by molar-refractivity contribution is -0.137. The van der Waals surface area contributed by atoms with Gasteiger partial charge in [-0.15, -0.1) is 22.9 Å². The second-order valence-electron chi connectivity index (χ2n) is 4.05. The number of hydrogen-bond donors (Lipinski definition) is 0. The zero-order valence-electron chi connectivity index (χ0n) is 9.76. The lowest BCUT2D eigenvalue weighted by atomic mass is 10.1. The summed E-state index contributed by atoms with van der Waals surface area (Å²) in [6, 6.07) is 6.89.